The summed E-state index contributed by atoms with van der Waals surface area (Å²) in [5.74, 6) is 0. The van der Waals surface area contributed by atoms with Crippen molar-refractivity contribution < 1.29 is 0 Å². The molecule has 0 aliphatic rings. The SMILES string of the molecule is CCc1cccc(-n2c(=S)[nH]c3cc(C)ccc32)c1. The van der Waals surface area contributed by atoms with Gasteiger partial charge in [-0.05, 0) is 61.0 Å². The average Bonchev–Trinajstić information content (AvgIpc) is 2.73. The first-order valence-electron chi connectivity index (χ1n) is 6.50. The number of nitrogens with zero attached hydrogens (tertiary/aromatic N) is 1. The molecule has 1 heterocycles. The van der Waals surface area contributed by atoms with Crippen LogP contribution in [0.4, 0.5) is 0 Å². The third kappa shape index (κ3) is 2.10. The van der Waals surface area contributed by atoms with Crippen molar-refractivity contribution in [2.24, 2.45) is 0 Å². The first-order chi connectivity index (χ1) is 9.19. The first kappa shape index (κ1) is 12.2. The van der Waals surface area contributed by atoms with E-state index in [2.05, 4.69) is 65.9 Å². The number of imidazole rings is 1. The number of hydrogen-bond donors (Lipinski definition) is 1. The fourth-order valence-electron chi connectivity index (χ4n) is 2.40. The van der Waals surface area contributed by atoms with E-state index < -0.39 is 0 Å². The van der Waals surface area contributed by atoms with Crippen molar-refractivity contribution >= 4 is 23.3 Å². The minimum atomic E-state index is 0.744. The normalized spacial score (nSPS) is 11.1. The van der Waals surface area contributed by atoms with E-state index in [-0.39, 0.29) is 0 Å². The Balaban J connectivity index is 2.29. The smallest absolute Gasteiger partial charge is 0.182 e. The van der Waals surface area contributed by atoms with E-state index in [1.807, 2.05) is 0 Å². The Morgan fingerprint density at radius 2 is 2.00 bits per heavy atom. The third-order valence-corrected chi connectivity index (χ3v) is 3.70. The van der Waals surface area contributed by atoms with Crippen LogP contribution in [0.2, 0.25) is 0 Å². The molecule has 0 spiro atoms. The standard InChI is InChI=1S/C16H16N2S/c1-3-12-5-4-6-13(10-12)18-15-8-7-11(2)9-14(15)17-16(18)19/h4-10H,3H2,1-2H3,(H,17,19). The number of benzene rings is 2. The highest BCUT2D eigenvalue weighted by Gasteiger charge is 2.06. The van der Waals surface area contributed by atoms with Crippen LogP contribution in [0.25, 0.3) is 16.7 Å². The molecule has 3 aromatic rings. The van der Waals surface area contributed by atoms with E-state index in [4.69, 9.17) is 12.2 Å². The second-order valence-electron chi connectivity index (χ2n) is 4.81. The highest BCUT2D eigenvalue weighted by molar-refractivity contribution is 7.71. The molecule has 1 N–H and O–H groups in total. The van der Waals surface area contributed by atoms with Crippen molar-refractivity contribution in [3.05, 3.63) is 58.4 Å². The summed E-state index contributed by atoms with van der Waals surface area (Å²) < 4.78 is 2.84. The van der Waals surface area contributed by atoms with Gasteiger partial charge in [0.25, 0.3) is 0 Å². The Bertz CT molecular complexity index is 796. The lowest BCUT2D eigenvalue weighted by Gasteiger charge is -2.06. The van der Waals surface area contributed by atoms with Crippen LogP contribution in [0, 0.1) is 11.7 Å². The first-order valence-corrected chi connectivity index (χ1v) is 6.90. The van der Waals surface area contributed by atoms with Crippen LogP contribution in [0.5, 0.6) is 0 Å². The molecule has 0 atom stereocenters. The van der Waals surface area contributed by atoms with Crippen molar-refractivity contribution in [2.45, 2.75) is 20.3 Å². The molecular formula is C16H16N2S. The molecule has 0 amide bonds. The Hall–Kier alpha value is -1.87. The van der Waals surface area contributed by atoms with Gasteiger partial charge in [0.1, 0.15) is 0 Å². The molecule has 0 radical (unpaired) electrons. The van der Waals surface area contributed by atoms with Gasteiger partial charge in [-0.1, -0.05) is 25.1 Å². The van der Waals surface area contributed by atoms with Crippen LogP contribution in [0.1, 0.15) is 18.1 Å². The molecule has 2 nitrogen and oxygen atoms in total. The summed E-state index contributed by atoms with van der Waals surface area (Å²) in [6.07, 6.45) is 1.03. The maximum absolute atomic E-state index is 5.47. The van der Waals surface area contributed by atoms with Crippen LogP contribution in [0.15, 0.2) is 42.5 Å². The van der Waals surface area contributed by atoms with Gasteiger partial charge in [-0.3, -0.25) is 4.57 Å². The zero-order valence-corrected chi connectivity index (χ0v) is 11.9. The monoisotopic (exact) mass is 268 g/mol. The predicted molar refractivity (Wildman–Crippen MR) is 82.6 cm³/mol. The number of hydrogen-bond acceptors (Lipinski definition) is 1. The minimum absolute atomic E-state index is 0.744. The fraction of sp³-hybridized carbons (Fsp3) is 0.188. The van der Waals surface area contributed by atoms with Crippen molar-refractivity contribution in [3.63, 3.8) is 0 Å². The fourth-order valence-corrected chi connectivity index (χ4v) is 2.71. The second kappa shape index (κ2) is 4.67. The Kier molecular flexibility index (Phi) is 2.99. The molecule has 0 aliphatic heterocycles. The Morgan fingerprint density at radius 3 is 2.79 bits per heavy atom. The van der Waals surface area contributed by atoms with E-state index in [0.29, 0.717) is 0 Å². The van der Waals surface area contributed by atoms with E-state index in [1.54, 1.807) is 0 Å². The number of rotatable bonds is 2. The van der Waals surface area contributed by atoms with Crippen LogP contribution < -0.4 is 0 Å². The lowest BCUT2D eigenvalue weighted by molar-refractivity contribution is 1.05. The van der Waals surface area contributed by atoms with E-state index >= 15 is 0 Å². The quantitative estimate of drug-likeness (QED) is 0.676. The van der Waals surface area contributed by atoms with Crippen LogP contribution >= 0.6 is 12.2 Å². The summed E-state index contributed by atoms with van der Waals surface area (Å²) >= 11 is 5.47. The number of aryl methyl sites for hydroxylation is 2. The van der Waals surface area contributed by atoms with Crippen LogP contribution in [-0.2, 0) is 6.42 Å². The van der Waals surface area contributed by atoms with Gasteiger partial charge >= 0.3 is 0 Å². The van der Waals surface area contributed by atoms with Crippen LogP contribution in [-0.4, -0.2) is 9.55 Å². The van der Waals surface area contributed by atoms with Gasteiger partial charge in [0.2, 0.25) is 0 Å². The average molecular weight is 268 g/mol. The summed E-state index contributed by atoms with van der Waals surface area (Å²) in [5.41, 5.74) is 5.90. The molecule has 96 valence electrons. The number of nitrogens with one attached hydrogen (secondary N) is 1. The molecule has 0 aliphatic carbocycles. The molecule has 0 fully saturated rings. The molecule has 3 heteroatoms. The Labute approximate surface area is 117 Å². The van der Waals surface area contributed by atoms with E-state index in [9.17, 15) is 0 Å². The van der Waals surface area contributed by atoms with Crippen molar-refractivity contribution in [2.75, 3.05) is 0 Å². The number of H-pyrrole nitrogens is 1. The summed E-state index contributed by atoms with van der Waals surface area (Å²) in [4.78, 5) is 3.28. The Morgan fingerprint density at radius 1 is 1.16 bits per heavy atom. The zero-order valence-electron chi connectivity index (χ0n) is 11.1. The minimum Gasteiger partial charge on any atom is -0.330 e. The van der Waals surface area contributed by atoms with Gasteiger partial charge in [0.15, 0.2) is 4.77 Å². The molecule has 0 saturated carbocycles. The third-order valence-electron chi connectivity index (χ3n) is 3.41. The molecule has 2 aromatic carbocycles. The molecule has 0 bridgehead atoms. The summed E-state index contributed by atoms with van der Waals surface area (Å²) in [6.45, 7) is 4.25. The van der Waals surface area contributed by atoms with E-state index in [1.165, 1.54) is 11.1 Å². The molecule has 0 saturated heterocycles. The largest absolute Gasteiger partial charge is 0.330 e. The summed E-state index contributed by atoms with van der Waals surface area (Å²) in [6, 6.07) is 14.9. The second-order valence-corrected chi connectivity index (χ2v) is 5.20. The predicted octanol–water partition coefficient (Wildman–Crippen LogP) is 4.56. The number of fused-ring (bicyclic) bond motifs is 1. The maximum atomic E-state index is 5.47. The molecule has 0 unspecified atom stereocenters. The molecule has 1 aromatic heterocycles. The summed E-state index contributed by atoms with van der Waals surface area (Å²) in [5, 5.41) is 0. The van der Waals surface area contributed by atoms with Crippen molar-refractivity contribution in [3.8, 4) is 5.69 Å². The van der Waals surface area contributed by atoms with Gasteiger partial charge < -0.3 is 4.98 Å². The zero-order chi connectivity index (χ0) is 13.4. The van der Waals surface area contributed by atoms with E-state index in [0.717, 1.165) is 27.9 Å². The molecule has 3 rings (SSSR count). The molecular weight excluding hydrogens is 252 g/mol. The summed E-state index contributed by atoms with van der Waals surface area (Å²) in [7, 11) is 0. The van der Waals surface area contributed by atoms with Gasteiger partial charge in [0, 0.05) is 5.69 Å². The lowest BCUT2D eigenvalue weighted by atomic mass is 10.1. The van der Waals surface area contributed by atoms with Gasteiger partial charge in [-0.15, -0.1) is 0 Å². The highest BCUT2D eigenvalue weighted by atomic mass is 32.1. The molecule has 19 heavy (non-hydrogen) atoms. The highest BCUT2D eigenvalue weighted by Crippen LogP contribution is 2.21. The van der Waals surface area contributed by atoms with Crippen LogP contribution in [0.3, 0.4) is 0 Å². The number of aromatic nitrogens is 2. The van der Waals surface area contributed by atoms with Gasteiger partial charge in [-0.2, -0.15) is 0 Å². The van der Waals surface area contributed by atoms with Gasteiger partial charge in [-0.25, -0.2) is 0 Å². The topological polar surface area (TPSA) is 20.7 Å². The number of aromatic amines is 1. The van der Waals surface area contributed by atoms with Crippen molar-refractivity contribution in [1.29, 1.82) is 0 Å². The van der Waals surface area contributed by atoms with Crippen molar-refractivity contribution in [1.82, 2.24) is 9.55 Å². The lowest BCUT2D eigenvalue weighted by Crippen LogP contribution is -1.95. The maximum Gasteiger partial charge on any atom is 0.182 e. The van der Waals surface area contributed by atoms with Gasteiger partial charge in [0.05, 0.1) is 11.0 Å².